The molecule has 0 fully saturated rings. The average Bonchev–Trinajstić information content (AvgIpc) is 2.60. The Morgan fingerprint density at radius 3 is 2.78 bits per heavy atom. The van der Waals surface area contributed by atoms with Gasteiger partial charge < -0.3 is 10.2 Å². The molecule has 0 bridgehead atoms. The van der Waals surface area contributed by atoms with Gasteiger partial charge in [0.25, 0.3) is 6.43 Å². The van der Waals surface area contributed by atoms with Crippen LogP contribution in [-0.2, 0) is 13.6 Å². The van der Waals surface area contributed by atoms with Gasteiger partial charge in [-0.15, -0.1) is 0 Å². The lowest BCUT2D eigenvalue weighted by atomic mass is 10.2. The van der Waals surface area contributed by atoms with Crippen LogP contribution in [0.25, 0.3) is 0 Å². The number of rotatable bonds is 7. The molecule has 0 unspecified atom stereocenters. The summed E-state index contributed by atoms with van der Waals surface area (Å²) in [6.45, 7) is -0.741. The molecular weight excluding hydrogens is 248 g/mol. The van der Waals surface area contributed by atoms with Gasteiger partial charge in [0.1, 0.15) is 5.56 Å². The van der Waals surface area contributed by atoms with E-state index in [0.29, 0.717) is 5.69 Å². The van der Waals surface area contributed by atoms with E-state index in [1.165, 1.54) is 15.8 Å². The molecule has 1 rings (SSSR count). The van der Waals surface area contributed by atoms with Crippen molar-refractivity contribution in [3.05, 3.63) is 17.5 Å². The lowest BCUT2D eigenvalue weighted by Crippen LogP contribution is -2.32. The van der Waals surface area contributed by atoms with Crippen molar-refractivity contribution in [2.24, 2.45) is 7.05 Å². The molecule has 1 aromatic rings. The third-order valence-corrected chi connectivity index (χ3v) is 2.48. The molecule has 1 heterocycles. The molecule has 0 saturated heterocycles. The Balaban J connectivity index is 2.85. The highest BCUT2D eigenvalue weighted by molar-refractivity contribution is 5.88. The normalized spacial score (nSPS) is 11.4. The van der Waals surface area contributed by atoms with Crippen molar-refractivity contribution in [1.29, 1.82) is 0 Å². The van der Waals surface area contributed by atoms with Gasteiger partial charge in [0.2, 0.25) is 0 Å². The maximum atomic E-state index is 12.3. The van der Waals surface area contributed by atoms with Crippen LogP contribution in [0.15, 0.2) is 6.20 Å². The van der Waals surface area contributed by atoms with E-state index in [1.54, 1.807) is 7.05 Å². The summed E-state index contributed by atoms with van der Waals surface area (Å²) in [6.07, 6.45) is -1.37. The number of nitrogens with zero attached hydrogens (tertiary/aromatic N) is 3. The molecule has 2 N–H and O–H groups in total. The van der Waals surface area contributed by atoms with E-state index in [-0.39, 0.29) is 25.3 Å². The zero-order valence-corrected chi connectivity index (χ0v) is 9.88. The standard InChI is InChI=1S/C10H15F2N3O3/c1-14-8(7(4-13-14)10(17)18)5-15(2-3-16)6-9(11)12/h4,9,16H,2-3,5-6H2,1H3,(H,17,18). The Labute approximate surface area is 102 Å². The third kappa shape index (κ3) is 3.74. The van der Waals surface area contributed by atoms with E-state index in [4.69, 9.17) is 10.2 Å². The minimum Gasteiger partial charge on any atom is -0.478 e. The first-order valence-electron chi connectivity index (χ1n) is 5.31. The van der Waals surface area contributed by atoms with Crippen molar-refractivity contribution in [1.82, 2.24) is 14.7 Å². The molecule has 0 spiro atoms. The summed E-state index contributed by atoms with van der Waals surface area (Å²) in [5, 5.41) is 21.5. The van der Waals surface area contributed by atoms with Crippen LogP contribution >= 0.6 is 0 Å². The van der Waals surface area contributed by atoms with Gasteiger partial charge in [-0.2, -0.15) is 5.10 Å². The third-order valence-electron chi connectivity index (χ3n) is 2.48. The summed E-state index contributed by atoms with van der Waals surface area (Å²) in [5.41, 5.74) is 0.311. The quantitative estimate of drug-likeness (QED) is 0.733. The number of hydrogen-bond donors (Lipinski definition) is 2. The number of alkyl halides is 2. The van der Waals surface area contributed by atoms with Gasteiger partial charge in [0, 0.05) is 20.1 Å². The number of carboxylic acids is 1. The van der Waals surface area contributed by atoms with E-state index in [9.17, 15) is 13.6 Å². The predicted molar refractivity (Wildman–Crippen MR) is 58.5 cm³/mol. The van der Waals surface area contributed by atoms with Gasteiger partial charge in [0.15, 0.2) is 0 Å². The van der Waals surface area contributed by atoms with Crippen LogP contribution in [0.4, 0.5) is 8.78 Å². The lowest BCUT2D eigenvalue weighted by Gasteiger charge is -2.21. The first-order chi connectivity index (χ1) is 8.45. The molecule has 0 aromatic carbocycles. The number of aliphatic hydroxyl groups is 1. The lowest BCUT2D eigenvalue weighted by molar-refractivity contribution is 0.0681. The first kappa shape index (κ1) is 14.5. The fourth-order valence-electron chi connectivity index (χ4n) is 1.61. The SMILES string of the molecule is Cn1ncc(C(=O)O)c1CN(CCO)CC(F)F. The van der Waals surface area contributed by atoms with Gasteiger partial charge in [-0.1, -0.05) is 0 Å². The Morgan fingerprint density at radius 1 is 1.61 bits per heavy atom. The summed E-state index contributed by atoms with van der Waals surface area (Å²) in [4.78, 5) is 12.2. The topological polar surface area (TPSA) is 78.6 Å². The Bertz CT molecular complexity index is 409. The van der Waals surface area contributed by atoms with Gasteiger partial charge in [-0.25, -0.2) is 13.6 Å². The number of aliphatic hydroxyl groups excluding tert-OH is 1. The molecule has 0 aliphatic heterocycles. The Hall–Kier alpha value is -1.54. The van der Waals surface area contributed by atoms with Crippen molar-refractivity contribution in [2.45, 2.75) is 13.0 Å². The van der Waals surface area contributed by atoms with Gasteiger partial charge in [-0.05, 0) is 0 Å². The minimum absolute atomic E-state index is 0.00301. The molecule has 0 aliphatic carbocycles. The maximum Gasteiger partial charge on any atom is 0.339 e. The smallest absolute Gasteiger partial charge is 0.339 e. The van der Waals surface area contributed by atoms with Gasteiger partial charge in [-0.3, -0.25) is 9.58 Å². The van der Waals surface area contributed by atoms with Crippen molar-refractivity contribution in [3.63, 3.8) is 0 Å². The number of aromatic carboxylic acids is 1. The van der Waals surface area contributed by atoms with Crippen LogP contribution in [-0.4, -0.2) is 57.0 Å². The van der Waals surface area contributed by atoms with Crippen molar-refractivity contribution in [3.8, 4) is 0 Å². The second kappa shape index (κ2) is 6.41. The van der Waals surface area contributed by atoms with E-state index < -0.39 is 18.9 Å². The van der Waals surface area contributed by atoms with E-state index >= 15 is 0 Å². The van der Waals surface area contributed by atoms with Crippen LogP contribution in [0.5, 0.6) is 0 Å². The molecule has 6 nitrogen and oxygen atoms in total. The fraction of sp³-hybridized carbons (Fsp3) is 0.600. The number of halogens is 2. The summed E-state index contributed by atoms with van der Waals surface area (Å²) in [7, 11) is 1.54. The zero-order valence-electron chi connectivity index (χ0n) is 9.88. The highest BCUT2D eigenvalue weighted by atomic mass is 19.3. The number of carboxylic acid groups (broad SMARTS) is 1. The number of hydrogen-bond acceptors (Lipinski definition) is 4. The largest absolute Gasteiger partial charge is 0.478 e. The van der Waals surface area contributed by atoms with Crippen LogP contribution in [0.1, 0.15) is 16.1 Å². The number of carbonyl (C=O) groups is 1. The Kier molecular flexibility index (Phi) is 5.17. The van der Waals surface area contributed by atoms with Crippen molar-refractivity contribution < 1.29 is 23.8 Å². The average molecular weight is 263 g/mol. The van der Waals surface area contributed by atoms with E-state index in [1.807, 2.05) is 0 Å². The van der Waals surface area contributed by atoms with Crippen LogP contribution in [0.3, 0.4) is 0 Å². The molecule has 18 heavy (non-hydrogen) atoms. The second-order valence-corrected chi connectivity index (χ2v) is 3.78. The summed E-state index contributed by atoms with van der Waals surface area (Å²) in [6, 6.07) is 0. The molecular formula is C10H15F2N3O3. The monoisotopic (exact) mass is 263 g/mol. The summed E-state index contributed by atoms with van der Waals surface area (Å²) in [5.74, 6) is -1.15. The molecule has 1 aromatic heterocycles. The van der Waals surface area contributed by atoms with Crippen LogP contribution in [0, 0.1) is 0 Å². The highest BCUT2D eigenvalue weighted by Gasteiger charge is 2.19. The number of aromatic nitrogens is 2. The highest BCUT2D eigenvalue weighted by Crippen LogP contribution is 2.12. The fourth-order valence-corrected chi connectivity index (χ4v) is 1.61. The number of aryl methyl sites for hydroxylation is 1. The molecule has 0 radical (unpaired) electrons. The van der Waals surface area contributed by atoms with Crippen LogP contribution < -0.4 is 0 Å². The molecule has 0 amide bonds. The molecule has 0 atom stereocenters. The minimum atomic E-state index is -2.54. The van der Waals surface area contributed by atoms with Gasteiger partial charge in [0.05, 0.1) is 25.0 Å². The van der Waals surface area contributed by atoms with Crippen molar-refractivity contribution in [2.75, 3.05) is 19.7 Å². The molecule has 0 saturated carbocycles. The van der Waals surface area contributed by atoms with E-state index in [0.717, 1.165) is 0 Å². The van der Waals surface area contributed by atoms with Crippen molar-refractivity contribution >= 4 is 5.97 Å². The van der Waals surface area contributed by atoms with Crippen LogP contribution in [0.2, 0.25) is 0 Å². The Morgan fingerprint density at radius 2 is 2.28 bits per heavy atom. The maximum absolute atomic E-state index is 12.3. The molecule has 102 valence electrons. The zero-order chi connectivity index (χ0) is 13.7. The summed E-state index contributed by atoms with van der Waals surface area (Å²) >= 11 is 0. The summed E-state index contributed by atoms with van der Waals surface area (Å²) < 4.78 is 26.0. The molecule has 0 aliphatic rings. The molecule has 8 heteroatoms. The predicted octanol–water partition coefficient (Wildman–Crippen LogP) is 0.178. The first-order valence-corrected chi connectivity index (χ1v) is 5.31. The second-order valence-electron chi connectivity index (χ2n) is 3.78. The van der Waals surface area contributed by atoms with Gasteiger partial charge >= 0.3 is 5.97 Å². The van der Waals surface area contributed by atoms with E-state index in [2.05, 4.69) is 5.10 Å².